The molecule has 0 amide bonds. The highest BCUT2D eigenvalue weighted by atomic mass is 16.5. The van der Waals surface area contributed by atoms with Crippen molar-refractivity contribution in [1.82, 2.24) is 14.9 Å². The van der Waals surface area contributed by atoms with Gasteiger partial charge in [-0.1, -0.05) is 17.7 Å². The fourth-order valence-electron chi connectivity index (χ4n) is 2.88. The fraction of sp³-hybridized carbons (Fsp3) is 0.444. The van der Waals surface area contributed by atoms with Gasteiger partial charge in [0.25, 0.3) is 0 Å². The van der Waals surface area contributed by atoms with Gasteiger partial charge in [0.1, 0.15) is 24.8 Å². The second-order valence-corrected chi connectivity index (χ2v) is 6.07. The Bertz CT molecular complexity index is 661. The maximum atomic E-state index is 10.3. The number of nitrogens with zero attached hydrogens (tertiary/aromatic N) is 3. The van der Waals surface area contributed by atoms with Gasteiger partial charge >= 0.3 is 0 Å². The van der Waals surface area contributed by atoms with Crippen LogP contribution in [0.5, 0.6) is 11.6 Å². The van der Waals surface area contributed by atoms with Gasteiger partial charge in [0, 0.05) is 31.6 Å². The molecular weight excluding hydrogens is 306 g/mol. The van der Waals surface area contributed by atoms with Crippen LogP contribution in [0.1, 0.15) is 16.8 Å². The highest BCUT2D eigenvalue weighted by Crippen LogP contribution is 2.24. The molecule has 0 saturated carbocycles. The minimum atomic E-state index is -0.552. The molecule has 0 radical (unpaired) electrons. The lowest BCUT2D eigenvalue weighted by Gasteiger charge is -2.30. The summed E-state index contributed by atoms with van der Waals surface area (Å²) in [6, 6.07) is 7.83. The number of methoxy groups -OCH3 is 1. The van der Waals surface area contributed by atoms with Crippen LogP contribution in [0, 0.1) is 6.92 Å². The fourth-order valence-corrected chi connectivity index (χ4v) is 2.88. The largest absolute Gasteiger partial charge is 0.491 e. The first-order chi connectivity index (χ1) is 11.7. The molecule has 1 atom stereocenters. The molecule has 1 aromatic heterocycles. The van der Waals surface area contributed by atoms with Gasteiger partial charge in [-0.05, 0) is 19.1 Å². The van der Waals surface area contributed by atoms with Crippen molar-refractivity contribution in [1.29, 1.82) is 0 Å². The molecule has 2 heterocycles. The predicted molar refractivity (Wildman–Crippen MR) is 90.2 cm³/mol. The van der Waals surface area contributed by atoms with E-state index in [9.17, 15) is 5.11 Å². The Morgan fingerprint density at radius 2 is 2.04 bits per heavy atom. The zero-order valence-corrected chi connectivity index (χ0v) is 14.1. The second kappa shape index (κ2) is 7.59. The van der Waals surface area contributed by atoms with E-state index in [4.69, 9.17) is 9.47 Å². The molecule has 6 heteroatoms. The Hall–Kier alpha value is -2.18. The smallest absolute Gasteiger partial charge is 0.220 e. The van der Waals surface area contributed by atoms with Crippen LogP contribution in [0.15, 0.2) is 30.6 Å². The molecule has 6 nitrogen and oxygen atoms in total. The summed E-state index contributed by atoms with van der Waals surface area (Å²) < 4.78 is 11.0. The molecule has 3 rings (SSSR count). The molecule has 128 valence electrons. The summed E-state index contributed by atoms with van der Waals surface area (Å²) in [5.41, 5.74) is 3.23. The number of aliphatic hydroxyl groups excluding tert-OH is 1. The number of hydrogen-bond donors (Lipinski definition) is 1. The summed E-state index contributed by atoms with van der Waals surface area (Å²) in [5, 5.41) is 10.3. The third-order valence-electron chi connectivity index (χ3n) is 4.17. The van der Waals surface area contributed by atoms with Crippen molar-refractivity contribution in [2.75, 3.05) is 26.8 Å². The lowest BCUT2D eigenvalue weighted by atomic mass is 10.1. The molecule has 24 heavy (non-hydrogen) atoms. The van der Waals surface area contributed by atoms with Gasteiger partial charge in [0.05, 0.1) is 12.8 Å². The first-order valence-corrected chi connectivity index (χ1v) is 8.12. The molecule has 1 aromatic carbocycles. The molecule has 0 spiro atoms. The normalized spacial score (nSPS) is 15.6. The van der Waals surface area contributed by atoms with Crippen molar-refractivity contribution < 1.29 is 14.6 Å². The highest BCUT2D eigenvalue weighted by molar-refractivity contribution is 5.31. The van der Waals surface area contributed by atoms with Gasteiger partial charge in [0.15, 0.2) is 0 Å². The molecule has 1 N–H and O–H groups in total. The topological polar surface area (TPSA) is 67.7 Å². The average molecular weight is 329 g/mol. The summed E-state index contributed by atoms with van der Waals surface area (Å²) in [6.07, 6.45) is 1.82. The number of aryl methyl sites for hydroxylation is 1. The molecule has 0 bridgehead atoms. The summed E-state index contributed by atoms with van der Waals surface area (Å²) >= 11 is 0. The Morgan fingerprint density at radius 3 is 2.79 bits per heavy atom. The summed E-state index contributed by atoms with van der Waals surface area (Å²) in [5.74, 6) is 1.40. The lowest BCUT2D eigenvalue weighted by molar-refractivity contribution is 0.0630. The zero-order valence-electron chi connectivity index (χ0n) is 14.1. The molecule has 0 saturated heterocycles. The number of β-amino-alcohol motifs (C(OH)–C–C–N with tert-alkyl or cyclic N) is 1. The van der Waals surface area contributed by atoms with Crippen molar-refractivity contribution in [3.63, 3.8) is 0 Å². The Morgan fingerprint density at radius 1 is 1.25 bits per heavy atom. The molecule has 0 fully saturated rings. The highest BCUT2D eigenvalue weighted by Gasteiger charge is 2.23. The van der Waals surface area contributed by atoms with Gasteiger partial charge in [-0.15, -0.1) is 0 Å². The van der Waals surface area contributed by atoms with E-state index in [-0.39, 0.29) is 6.61 Å². The molecule has 0 aliphatic carbocycles. The maximum absolute atomic E-state index is 10.3. The maximum Gasteiger partial charge on any atom is 0.220 e. The van der Waals surface area contributed by atoms with Crippen LogP contribution in [0.2, 0.25) is 0 Å². The van der Waals surface area contributed by atoms with Crippen LogP contribution >= 0.6 is 0 Å². The van der Waals surface area contributed by atoms with Crippen LogP contribution in [0.4, 0.5) is 0 Å². The van der Waals surface area contributed by atoms with E-state index in [0.29, 0.717) is 19.0 Å². The number of aromatic nitrogens is 2. The SMILES string of the molecule is COc1ncnc2c1CN(C[C@H](O)COc1ccc(C)cc1)CC2. The second-order valence-electron chi connectivity index (χ2n) is 6.07. The van der Waals surface area contributed by atoms with Crippen LogP contribution in [0.3, 0.4) is 0 Å². The summed E-state index contributed by atoms with van der Waals surface area (Å²) in [4.78, 5) is 10.7. The van der Waals surface area contributed by atoms with E-state index >= 15 is 0 Å². The van der Waals surface area contributed by atoms with Crippen LogP contribution in [0.25, 0.3) is 0 Å². The molecule has 2 aromatic rings. The van der Waals surface area contributed by atoms with E-state index < -0.39 is 6.10 Å². The summed E-state index contributed by atoms with van der Waals surface area (Å²) in [6.45, 7) is 4.39. The van der Waals surface area contributed by atoms with Gasteiger partial charge in [-0.3, -0.25) is 4.90 Å². The quantitative estimate of drug-likeness (QED) is 0.868. The first-order valence-electron chi connectivity index (χ1n) is 8.12. The van der Waals surface area contributed by atoms with Gasteiger partial charge in [-0.2, -0.15) is 0 Å². The first kappa shape index (κ1) is 16.7. The van der Waals surface area contributed by atoms with E-state index in [1.807, 2.05) is 31.2 Å². The number of rotatable bonds is 6. The van der Waals surface area contributed by atoms with Crippen molar-refractivity contribution in [3.8, 4) is 11.6 Å². The number of aliphatic hydroxyl groups is 1. The number of fused-ring (bicyclic) bond motifs is 1. The zero-order chi connectivity index (χ0) is 16.9. The standard InChI is InChI=1S/C18H23N3O3/c1-13-3-5-15(6-4-13)24-11-14(22)9-21-8-7-17-16(10-21)18(23-2)20-12-19-17/h3-6,12,14,22H,7-11H2,1-2H3/t14-/m0/s1. The van der Waals surface area contributed by atoms with Gasteiger partial charge in [-0.25, -0.2) is 9.97 Å². The van der Waals surface area contributed by atoms with E-state index in [1.165, 1.54) is 11.9 Å². The minimum Gasteiger partial charge on any atom is -0.491 e. The Kier molecular flexibility index (Phi) is 5.27. The van der Waals surface area contributed by atoms with Crippen molar-refractivity contribution in [2.45, 2.75) is 26.0 Å². The van der Waals surface area contributed by atoms with Crippen LogP contribution in [-0.2, 0) is 13.0 Å². The molecular formula is C18H23N3O3. The molecule has 1 aliphatic rings. The number of hydrogen-bond acceptors (Lipinski definition) is 6. The van der Waals surface area contributed by atoms with Crippen molar-refractivity contribution in [3.05, 3.63) is 47.4 Å². The molecule has 1 aliphatic heterocycles. The number of benzene rings is 1. The molecule has 0 unspecified atom stereocenters. The third-order valence-corrected chi connectivity index (χ3v) is 4.17. The van der Waals surface area contributed by atoms with Crippen LogP contribution in [-0.4, -0.2) is 52.9 Å². The van der Waals surface area contributed by atoms with Crippen molar-refractivity contribution in [2.24, 2.45) is 0 Å². The Labute approximate surface area is 142 Å². The third kappa shape index (κ3) is 4.01. The van der Waals surface area contributed by atoms with E-state index in [0.717, 1.165) is 30.0 Å². The predicted octanol–water partition coefficient (Wildman–Crippen LogP) is 1.59. The summed E-state index contributed by atoms with van der Waals surface area (Å²) in [7, 11) is 1.62. The minimum absolute atomic E-state index is 0.273. The average Bonchev–Trinajstić information content (AvgIpc) is 2.60. The van der Waals surface area contributed by atoms with Gasteiger partial charge < -0.3 is 14.6 Å². The monoisotopic (exact) mass is 329 g/mol. The number of ether oxygens (including phenoxy) is 2. The van der Waals surface area contributed by atoms with E-state index in [2.05, 4.69) is 14.9 Å². The van der Waals surface area contributed by atoms with Crippen molar-refractivity contribution >= 4 is 0 Å². The van der Waals surface area contributed by atoms with Crippen LogP contribution < -0.4 is 9.47 Å². The van der Waals surface area contributed by atoms with E-state index in [1.54, 1.807) is 7.11 Å². The van der Waals surface area contributed by atoms with Gasteiger partial charge in [0.2, 0.25) is 5.88 Å². The Balaban J connectivity index is 1.53. The lowest BCUT2D eigenvalue weighted by Crippen LogP contribution is -2.39.